The molecule has 1 amide bonds. The normalized spacial score (nSPS) is 10.2. The van der Waals surface area contributed by atoms with Crippen LogP contribution in [0.5, 0.6) is 0 Å². The van der Waals surface area contributed by atoms with Crippen LogP contribution in [0.1, 0.15) is 5.56 Å². The van der Waals surface area contributed by atoms with Crippen molar-refractivity contribution in [2.75, 3.05) is 17.2 Å². The molecule has 0 saturated heterocycles. The minimum atomic E-state index is -0.0771. The van der Waals surface area contributed by atoms with Gasteiger partial charge in [-0.25, -0.2) is 0 Å². The summed E-state index contributed by atoms with van der Waals surface area (Å²) in [4.78, 5) is 11.9. The van der Waals surface area contributed by atoms with Crippen LogP contribution in [0.4, 0.5) is 11.4 Å². The third-order valence-electron chi connectivity index (χ3n) is 2.72. The van der Waals surface area contributed by atoms with Crippen molar-refractivity contribution in [1.82, 2.24) is 0 Å². The van der Waals surface area contributed by atoms with Gasteiger partial charge in [0.05, 0.1) is 6.54 Å². The molecule has 0 aliphatic carbocycles. The molecule has 0 atom stereocenters. The monoisotopic (exact) mass is 396 g/mol. The van der Waals surface area contributed by atoms with Crippen LogP contribution in [0.2, 0.25) is 0 Å². The van der Waals surface area contributed by atoms with Gasteiger partial charge in [0.15, 0.2) is 0 Å². The maximum absolute atomic E-state index is 11.9. The molecule has 2 aromatic carbocycles. The summed E-state index contributed by atoms with van der Waals surface area (Å²) in [6, 6.07) is 13.4. The average Bonchev–Trinajstić information content (AvgIpc) is 2.41. The quantitative estimate of drug-likeness (QED) is 0.793. The molecule has 0 heterocycles. The van der Waals surface area contributed by atoms with Crippen LogP contribution in [0.15, 0.2) is 51.4 Å². The Hall–Kier alpha value is -1.33. The molecule has 0 saturated carbocycles. The number of nitrogens with one attached hydrogen (secondary N) is 2. The average molecular weight is 398 g/mol. The first-order chi connectivity index (χ1) is 9.54. The summed E-state index contributed by atoms with van der Waals surface area (Å²) in [6.45, 7) is 2.21. The number of hydrogen-bond acceptors (Lipinski definition) is 2. The molecule has 0 fully saturated rings. The fourth-order valence-corrected chi connectivity index (χ4v) is 2.35. The summed E-state index contributed by atoms with van der Waals surface area (Å²) in [5.74, 6) is -0.0771. The molecular formula is C15H14Br2N2O. The molecule has 2 N–H and O–H groups in total. The van der Waals surface area contributed by atoms with Gasteiger partial charge in [0.25, 0.3) is 0 Å². The van der Waals surface area contributed by atoms with Crippen LogP contribution in [-0.4, -0.2) is 12.5 Å². The second kappa shape index (κ2) is 6.90. The largest absolute Gasteiger partial charge is 0.376 e. The lowest BCUT2D eigenvalue weighted by Crippen LogP contribution is -2.21. The summed E-state index contributed by atoms with van der Waals surface area (Å²) in [5.41, 5.74) is 2.79. The van der Waals surface area contributed by atoms with E-state index in [0.29, 0.717) is 0 Å². The Morgan fingerprint density at radius 2 is 1.90 bits per heavy atom. The van der Waals surface area contributed by atoms with E-state index in [2.05, 4.69) is 42.5 Å². The number of benzene rings is 2. The zero-order valence-corrected chi connectivity index (χ0v) is 14.1. The molecule has 0 bridgehead atoms. The summed E-state index contributed by atoms with van der Waals surface area (Å²) in [7, 11) is 0. The fraction of sp³-hybridized carbons (Fsp3) is 0.133. The van der Waals surface area contributed by atoms with Gasteiger partial charge in [-0.05, 0) is 48.9 Å². The van der Waals surface area contributed by atoms with Crippen molar-refractivity contribution in [2.45, 2.75) is 6.92 Å². The highest BCUT2D eigenvalue weighted by molar-refractivity contribution is 9.10. The van der Waals surface area contributed by atoms with E-state index in [1.54, 1.807) is 0 Å². The highest BCUT2D eigenvalue weighted by atomic mass is 79.9. The van der Waals surface area contributed by atoms with Gasteiger partial charge in [-0.15, -0.1) is 0 Å². The molecule has 5 heteroatoms. The number of carbonyl (C=O) groups excluding carboxylic acids is 1. The van der Waals surface area contributed by atoms with Crippen LogP contribution in [0.25, 0.3) is 0 Å². The Balaban J connectivity index is 1.91. The summed E-state index contributed by atoms with van der Waals surface area (Å²) in [5, 5.41) is 5.94. The Bertz CT molecular complexity index is 629. The van der Waals surface area contributed by atoms with Crippen molar-refractivity contribution >= 4 is 49.1 Å². The molecule has 20 heavy (non-hydrogen) atoms. The van der Waals surface area contributed by atoms with Crippen molar-refractivity contribution in [1.29, 1.82) is 0 Å². The molecule has 3 nitrogen and oxygen atoms in total. The van der Waals surface area contributed by atoms with E-state index in [1.165, 1.54) is 0 Å². The van der Waals surface area contributed by atoms with E-state index in [9.17, 15) is 4.79 Å². The minimum absolute atomic E-state index is 0.0771. The standard InChI is InChI=1S/C15H14Br2N2O/c1-10-7-13(5-6-14(10)17)19-15(20)9-18-12-4-2-3-11(16)8-12/h2-8,18H,9H2,1H3,(H,19,20). The lowest BCUT2D eigenvalue weighted by Gasteiger charge is -2.09. The molecule has 2 aromatic rings. The van der Waals surface area contributed by atoms with Gasteiger partial charge in [-0.3, -0.25) is 4.79 Å². The summed E-state index contributed by atoms with van der Waals surface area (Å²) in [6.07, 6.45) is 0. The van der Waals surface area contributed by atoms with E-state index in [1.807, 2.05) is 49.4 Å². The van der Waals surface area contributed by atoms with Crippen LogP contribution >= 0.6 is 31.9 Å². The lowest BCUT2D eigenvalue weighted by atomic mass is 10.2. The van der Waals surface area contributed by atoms with E-state index in [-0.39, 0.29) is 12.5 Å². The number of hydrogen-bond donors (Lipinski definition) is 2. The predicted molar refractivity (Wildman–Crippen MR) is 90.1 cm³/mol. The highest BCUT2D eigenvalue weighted by Gasteiger charge is 2.04. The molecule has 0 aliphatic heterocycles. The van der Waals surface area contributed by atoms with Gasteiger partial charge in [0.1, 0.15) is 0 Å². The minimum Gasteiger partial charge on any atom is -0.376 e. The van der Waals surface area contributed by atoms with Crippen LogP contribution in [-0.2, 0) is 4.79 Å². The predicted octanol–water partition coefficient (Wildman–Crippen LogP) is 4.57. The van der Waals surface area contributed by atoms with Crippen LogP contribution in [0, 0.1) is 6.92 Å². The number of rotatable bonds is 4. The molecule has 0 aromatic heterocycles. The molecule has 104 valence electrons. The van der Waals surface area contributed by atoms with Gasteiger partial charge in [0, 0.05) is 20.3 Å². The Morgan fingerprint density at radius 3 is 2.60 bits per heavy atom. The number of halogens is 2. The zero-order chi connectivity index (χ0) is 14.5. The second-order valence-electron chi connectivity index (χ2n) is 4.38. The number of amides is 1. The fourth-order valence-electron chi connectivity index (χ4n) is 1.71. The third-order valence-corrected chi connectivity index (χ3v) is 4.10. The van der Waals surface area contributed by atoms with Crippen molar-refractivity contribution in [3.8, 4) is 0 Å². The SMILES string of the molecule is Cc1cc(NC(=O)CNc2cccc(Br)c2)ccc1Br. The molecule has 0 spiro atoms. The highest BCUT2D eigenvalue weighted by Crippen LogP contribution is 2.20. The van der Waals surface area contributed by atoms with Crippen molar-refractivity contribution in [3.05, 3.63) is 57.0 Å². The first-order valence-electron chi connectivity index (χ1n) is 6.10. The van der Waals surface area contributed by atoms with Crippen LogP contribution in [0.3, 0.4) is 0 Å². The van der Waals surface area contributed by atoms with E-state index in [0.717, 1.165) is 25.9 Å². The van der Waals surface area contributed by atoms with Gasteiger partial charge < -0.3 is 10.6 Å². The summed E-state index contributed by atoms with van der Waals surface area (Å²) < 4.78 is 2.01. The molecule has 0 radical (unpaired) electrons. The van der Waals surface area contributed by atoms with Crippen LogP contribution < -0.4 is 10.6 Å². The van der Waals surface area contributed by atoms with E-state index >= 15 is 0 Å². The molecular weight excluding hydrogens is 384 g/mol. The maximum atomic E-state index is 11.9. The number of anilines is 2. The van der Waals surface area contributed by atoms with Gasteiger partial charge in [-0.1, -0.05) is 37.9 Å². The number of carbonyl (C=O) groups is 1. The number of aryl methyl sites for hydroxylation is 1. The first kappa shape index (κ1) is 15.1. The van der Waals surface area contributed by atoms with E-state index < -0.39 is 0 Å². The van der Waals surface area contributed by atoms with Crippen molar-refractivity contribution in [2.24, 2.45) is 0 Å². The van der Waals surface area contributed by atoms with Gasteiger partial charge in [-0.2, -0.15) is 0 Å². The first-order valence-corrected chi connectivity index (χ1v) is 7.68. The lowest BCUT2D eigenvalue weighted by molar-refractivity contribution is -0.114. The van der Waals surface area contributed by atoms with E-state index in [4.69, 9.17) is 0 Å². The van der Waals surface area contributed by atoms with Gasteiger partial charge in [0.2, 0.25) is 5.91 Å². The molecule has 2 rings (SSSR count). The zero-order valence-electron chi connectivity index (χ0n) is 10.9. The van der Waals surface area contributed by atoms with Crippen molar-refractivity contribution < 1.29 is 4.79 Å². The Kier molecular flexibility index (Phi) is 5.20. The molecule has 0 unspecified atom stereocenters. The Labute approximate surface area is 135 Å². The maximum Gasteiger partial charge on any atom is 0.243 e. The Morgan fingerprint density at radius 1 is 1.10 bits per heavy atom. The second-order valence-corrected chi connectivity index (χ2v) is 6.15. The molecule has 0 aliphatic rings. The summed E-state index contributed by atoms with van der Waals surface area (Å²) >= 11 is 6.83. The third kappa shape index (κ3) is 4.35. The topological polar surface area (TPSA) is 41.1 Å². The van der Waals surface area contributed by atoms with Gasteiger partial charge >= 0.3 is 0 Å². The van der Waals surface area contributed by atoms with Crippen molar-refractivity contribution in [3.63, 3.8) is 0 Å². The smallest absolute Gasteiger partial charge is 0.243 e.